The van der Waals surface area contributed by atoms with Crippen LogP contribution in [0.15, 0.2) is 278 Å². The van der Waals surface area contributed by atoms with E-state index in [1.54, 1.807) is 33.9 Å². The lowest BCUT2D eigenvalue weighted by Gasteiger charge is -2.27. The number of hydrogen-bond acceptors (Lipinski definition) is 26. The molecular formula is C106H127N27OS. The molecule has 0 fully saturated rings. The van der Waals surface area contributed by atoms with Crippen LogP contribution in [0.1, 0.15) is 126 Å². The summed E-state index contributed by atoms with van der Waals surface area (Å²) in [7, 11) is 12.5. The van der Waals surface area contributed by atoms with E-state index in [-0.39, 0.29) is 0 Å². The lowest BCUT2D eigenvalue weighted by molar-refractivity contribution is 0.264. The maximum atomic E-state index is 5.34. The molecule has 0 spiro atoms. The number of thiazole rings is 1. The first-order chi connectivity index (χ1) is 65.3. The second-order valence-corrected chi connectivity index (χ2v) is 35.8. The molecule has 4 aromatic carbocycles. The van der Waals surface area contributed by atoms with E-state index < -0.39 is 0 Å². The summed E-state index contributed by atoms with van der Waals surface area (Å²) in [5, 5.41) is 25.1. The van der Waals surface area contributed by atoms with Gasteiger partial charge < -0.3 is 65.3 Å². The Morgan fingerprint density at radius 3 is 1.90 bits per heavy atom. The quantitative estimate of drug-likeness (QED) is 0.0944. The third-order valence-corrected chi connectivity index (χ3v) is 25.1. The van der Waals surface area contributed by atoms with Gasteiger partial charge in [-0.25, -0.2) is 43.9 Å². The number of imidazole rings is 1. The van der Waals surface area contributed by atoms with E-state index >= 15 is 0 Å². The van der Waals surface area contributed by atoms with Crippen LogP contribution in [-0.4, -0.2) is 175 Å². The fourth-order valence-electron chi connectivity index (χ4n) is 16.5. The highest BCUT2D eigenvalue weighted by atomic mass is 32.1. The number of nitrogens with one attached hydrogen (secondary N) is 5. The van der Waals surface area contributed by atoms with Crippen LogP contribution in [0.2, 0.25) is 0 Å². The minimum Gasteiger partial charge on any atom is -0.471 e. The summed E-state index contributed by atoms with van der Waals surface area (Å²) in [5.41, 5.74) is 24.8. The number of ether oxygens (including phenoxy) is 1. The normalized spacial score (nSPS) is 17.9. The number of aliphatic imine (C=N–C) groups is 1. The highest BCUT2D eigenvalue weighted by Gasteiger charge is 2.28. The molecule has 698 valence electrons. The van der Waals surface area contributed by atoms with Crippen LogP contribution in [0.4, 0.5) is 51.3 Å². The molecule has 26 rings (SSSR count). The van der Waals surface area contributed by atoms with Crippen LogP contribution in [0.5, 0.6) is 5.75 Å². The standard InChI is InChI=1S/3C9H12N2.C9H8N2.C9H13N.2C8H11N3.C8H8N2.C8H9NO.C8H7NS.C7H9N3.C7H7N3.C7H8N2/c1-7-6-8-9(11(7)2)4-3-5-10-8;1-8-7-11-6-4-3-5-9(11)10(8)2;1-7-10-8-5-3-4-6-9(8)11(7)2;1-7-6-10-8-4-2-3-5-9(8)11-7;1-7-6-8-4-2-3-5-9(8)10-7;1-6-10-7-5-9-4-3-8(7)11(6)2;1-6-10-7-4-3-5-9-8(7)11(6)2;1-7-6-8-4-2-3-5-10(8)9-7;1-9-6-10-8-5-3-2-4-7(8)9;1-6-9-7-4-2-3-5-8(7)10-6;1-5-2-6-7(10-5)3-8-4-9-6;1-6-8-7-4-2-3-5-10(7)9-6;1-5-8-6-3-2-4-7(6)9-5/h3-5,7H,6H2,1-2H3;3-7,9H,1-2H3;3-7,10H,1-2H3;2-6H,1H3;2-6H2,1H3;2*3-6,10H,1-2H3;2-6H,1H3;2-5H,6H2,1H3;2-5H,1H3;3-5,10H,2H2,1H3;2-5H,1H3;3-4H,2H2,1H3,(H,8,9). The van der Waals surface area contributed by atoms with Gasteiger partial charge in [-0.15, -0.1) is 11.3 Å². The predicted molar refractivity (Wildman–Crippen MR) is 555 cm³/mol. The van der Waals surface area contributed by atoms with Crippen molar-refractivity contribution in [2.75, 3.05) is 94.8 Å². The monoisotopic (exact) mass is 1830 g/mol. The molecule has 2 aliphatic carbocycles. The zero-order valence-corrected chi connectivity index (χ0v) is 81.7. The van der Waals surface area contributed by atoms with Crippen LogP contribution in [0, 0.1) is 34.6 Å². The second-order valence-electron chi connectivity index (χ2n) is 34.5. The number of aromatic amines is 1. The maximum absolute atomic E-state index is 5.34. The van der Waals surface area contributed by atoms with Crippen LogP contribution in [0.3, 0.4) is 0 Å². The Balaban J connectivity index is 0.000000117. The molecule has 0 amide bonds. The van der Waals surface area contributed by atoms with Crippen molar-refractivity contribution in [1.29, 1.82) is 0 Å². The van der Waals surface area contributed by atoms with Gasteiger partial charge in [0.05, 0.1) is 142 Å². The van der Waals surface area contributed by atoms with Gasteiger partial charge in [-0.2, -0.15) is 10.2 Å². The number of para-hydroxylation sites is 7. The van der Waals surface area contributed by atoms with Gasteiger partial charge in [-0.3, -0.25) is 19.9 Å². The third kappa shape index (κ3) is 25.5. The molecular weight excluding hydrogens is 1700 g/mol. The van der Waals surface area contributed by atoms with Crippen LogP contribution >= 0.6 is 11.3 Å². The predicted octanol–water partition coefficient (Wildman–Crippen LogP) is 19.3. The summed E-state index contributed by atoms with van der Waals surface area (Å²) in [6, 6.07) is 57.6. The molecule has 0 bridgehead atoms. The number of anilines is 9. The van der Waals surface area contributed by atoms with Crippen molar-refractivity contribution in [3.63, 3.8) is 0 Å². The molecule has 6 unspecified atom stereocenters. The smallest absolute Gasteiger partial charge is 0.161 e. The fraction of sp³-hybridized carbons (Fsp3) is 0.311. The Labute approximate surface area is 796 Å². The largest absolute Gasteiger partial charge is 0.471 e. The molecule has 6 atom stereocenters. The Morgan fingerprint density at radius 1 is 0.496 bits per heavy atom. The van der Waals surface area contributed by atoms with Gasteiger partial charge in [0.15, 0.2) is 18.2 Å². The molecule has 11 aliphatic rings. The van der Waals surface area contributed by atoms with Crippen molar-refractivity contribution in [3.8, 4) is 5.75 Å². The number of pyridine rings is 5. The average Bonchev–Trinajstić information content (AvgIpc) is 1.67. The summed E-state index contributed by atoms with van der Waals surface area (Å²) in [4.78, 5) is 65.0. The lowest BCUT2D eigenvalue weighted by atomic mass is 9.96. The number of nitrogens with zero attached hydrogens (tertiary/aromatic N) is 22. The zero-order valence-electron chi connectivity index (χ0n) is 80.9. The van der Waals surface area contributed by atoms with Crippen LogP contribution < -0.4 is 61.2 Å². The van der Waals surface area contributed by atoms with Gasteiger partial charge in [0.2, 0.25) is 0 Å². The number of likely N-dealkylation sites (N-methyl/N-ethyl adjacent to an activating group) is 2. The first-order valence-corrected chi connectivity index (χ1v) is 47.0. The highest BCUT2D eigenvalue weighted by molar-refractivity contribution is 7.18. The van der Waals surface area contributed by atoms with Crippen LogP contribution in [0.25, 0.3) is 44.6 Å². The van der Waals surface area contributed by atoms with E-state index in [4.69, 9.17) is 4.74 Å². The first-order valence-electron chi connectivity index (χ1n) is 46.2. The molecule has 0 radical (unpaired) electrons. The van der Waals surface area contributed by atoms with Gasteiger partial charge in [0.25, 0.3) is 0 Å². The van der Waals surface area contributed by atoms with Crippen molar-refractivity contribution < 1.29 is 4.74 Å². The number of benzene rings is 4. The highest BCUT2D eigenvalue weighted by Crippen LogP contribution is 2.37. The van der Waals surface area contributed by atoms with Crippen molar-refractivity contribution in [2.45, 2.75) is 171 Å². The number of rotatable bonds is 0. The Morgan fingerprint density at radius 2 is 1.17 bits per heavy atom. The maximum Gasteiger partial charge on any atom is 0.161 e. The molecule has 28 nitrogen and oxygen atoms in total. The van der Waals surface area contributed by atoms with E-state index in [1.807, 2.05) is 218 Å². The lowest BCUT2D eigenvalue weighted by Crippen LogP contribution is -2.33. The number of allylic oxidation sites excluding steroid dienone is 5. The summed E-state index contributed by atoms with van der Waals surface area (Å²) in [6.07, 6.45) is 42.5. The number of hydrogen-bond donors (Lipinski definition) is 5. The van der Waals surface area contributed by atoms with Crippen molar-refractivity contribution in [2.24, 2.45) is 4.99 Å². The number of aryl methyl sites for hydroxylation is 5. The third-order valence-electron chi connectivity index (χ3n) is 24.1. The van der Waals surface area contributed by atoms with Gasteiger partial charge in [-0.05, 0) is 242 Å². The van der Waals surface area contributed by atoms with Gasteiger partial charge in [0.1, 0.15) is 29.9 Å². The van der Waals surface area contributed by atoms with Crippen molar-refractivity contribution in [3.05, 3.63) is 323 Å². The summed E-state index contributed by atoms with van der Waals surface area (Å²) < 4.78 is 10.2. The number of H-pyrrole nitrogens is 1. The Kier molecular flexibility index (Phi) is 32.8. The summed E-state index contributed by atoms with van der Waals surface area (Å²) in [5.74, 6) is 3.85. The van der Waals surface area contributed by atoms with E-state index in [1.165, 1.54) is 93.4 Å². The number of aromatic nitrogens is 15. The number of fused-ring (bicyclic) bond motifs is 12. The zero-order chi connectivity index (χ0) is 95.0. The summed E-state index contributed by atoms with van der Waals surface area (Å²) in [6.45, 7) is 25.5. The molecule has 15 aromatic rings. The minimum absolute atomic E-state index is 0.361. The molecule has 29 heteroatoms. The minimum atomic E-state index is 0.361. The van der Waals surface area contributed by atoms with Gasteiger partial charge in [-0.1, -0.05) is 78.9 Å². The van der Waals surface area contributed by atoms with Gasteiger partial charge >= 0.3 is 0 Å². The second kappa shape index (κ2) is 46.0. The van der Waals surface area contributed by atoms with E-state index in [0.717, 1.165) is 115 Å². The van der Waals surface area contributed by atoms with Crippen molar-refractivity contribution in [1.82, 2.24) is 83.9 Å². The molecule has 135 heavy (non-hydrogen) atoms. The topological polar surface area (TPSA) is 272 Å². The molecule has 0 saturated carbocycles. The molecule has 11 aromatic heterocycles. The molecule has 9 aliphatic heterocycles. The molecule has 5 N–H and O–H groups in total. The Bertz CT molecular complexity index is 6210. The van der Waals surface area contributed by atoms with E-state index in [2.05, 4.69) is 294 Å². The average molecular weight is 1830 g/mol. The molecule has 0 saturated heterocycles. The summed E-state index contributed by atoms with van der Waals surface area (Å²) >= 11 is 1.74. The van der Waals surface area contributed by atoms with Crippen LogP contribution in [-0.2, 0) is 12.8 Å². The SMILES string of the molecule is CC1=CN2C=CC=CC2N1C.CC1=NC2=C(CCCC2)C1.CC1Cc2ncccc2N1C.CC1Cc2ncncc2N1.CC1Nc2ccccc2N1C.CC1Nc2cccnc2N1C.CC1Nc2cnccc2N1C.CN1COc2ccccc21.Cc1cc2ccccn2n1.Cc1cnc2ccccc2n1.Cc1nc2c([nH]1)=CCC=2.Cc1nc2ccccc2s1.Cc1nc2ccccn2n1. The first kappa shape index (κ1) is 96.2. The van der Waals surface area contributed by atoms with Crippen molar-refractivity contribution >= 4 is 113 Å². The van der Waals surface area contributed by atoms with Gasteiger partial charge in [0, 0.05) is 140 Å². The molecule has 20 heterocycles. The van der Waals surface area contributed by atoms with E-state index in [9.17, 15) is 0 Å². The van der Waals surface area contributed by atoms with E-state index in [0.29, 0.717) is 43.5 Å². The fourth-order valence-corrected chi connectivity index (χ4v) is 17.3. The Hall–Kier alpha value is -14.9.